The first kappa shape index (κ1) is 22.4. The van der Waals surface area contributed by atoms with Crippen LogP contribution in [0.25, 0.3) is 0 Å². The van der Waals surface area contributed by atoms with Crippen molar-refractivity contribution in [2.45, 2.75) is 25.8 Å². The van der Waals surface area contributed by atoms with Crippen molar-refractivity contribution in [2.24, 2.45) is 0 Å². The Hall–Kier alpha value is -3.26. The Balaban J connectivity index is 1.74. The number of likely N-dealkylation sites (tertiary alicyclic amines) is 1. The molecule has 2 aromatic rings. The molecule has 1 fully saturated rings. The highest BCUT2D eigenvalue weighted by Crippen LogP contribution is 2.38. The van der Waals surface area contributed by atoms with Gasteiger partial charge < -0.3 is 24.8 Å². The van der Waals surface area contributed by atoms with Crippen molar-refractivity contribution in [1.29, 1.82) is 0 Å². The highest BCUT2D eigenvalue weighted by molar-refractivity contribution is 5.96. The number of nitrogens with one attached hydrogen (secondary N) is 2. The summed E-state index contributed by atoms with van der Waals surface area (Å²) in [5, 5.41) is 5.63. The summed E-state index contributed by atoms with van der Waals surface area (Å²) >= 11 is 0. The third kappa shape index (κ3) is 5.46. The Bertz CT molecular complexity index is 947. The van der Waals surface area contributed by atoms with Gasteiger partial charge in [-0.2, -0.15) is 0 Å². The second kappa shape index (κ2) is 10.2. The lowest BCUT2D eigenvalue weighted by Crippen LogP contribution is -2.33. The fourth-order valence-corrected chi connectivity index (χ4v) is 3.92. The van der Waals surface area contributed by atoms with E-state index in [0.717, 1.165) is 36.4 Å². The van der Waals surface area contributed by atoms with Crippen LogP contribution in [-0.2, 0) is 9.59 Å². The van der Waals surface area contributed by atoms with Crippen molar-refractivity contribution in [1.82, 2.24) is 4.90 Å². The molecule has 8 nitrogen and oxygen atoms in total. The number of ether oxygens (including phenoxy) is 3. The largest absolute Gasteiger partial charge is 0.497 e. The Labute approximate surface area is 182 Å². The Kier molecular flexibility index (Phi) is 7.36. The van der Waals surface area contributed by atoms with Gasteiger partial charge in [0, 0.05) is 30.3 Å². The van der Waals surface area contributed by atoms with Crippen LogP contribution in [0.1, 0.15) is 31.4 Å². The number of nitrogens with zero attached hydrogens (tertiary/aromatic N) is 1. The van der Waals surface area contributed by atoms with Crippen molar-refractivity contribution in [3.8, 4) is 17.2 Å². The highest BCUT2D eigenvalue weighted by atomic mass is 16.5. The second-order valence-corrected chi connectivity index (χ2v) is 7.38. The molecule has 0 radical (unpaired) electrons. The van der Waals surface area contributed by atoms with E-state index in [9.17, 15) is 9.59 Å². The van der Waals surface area contributed by atoms with Crippen LogP contribution in [0.3, 0.4) is 0 Å². The molecule has 0 bridgehead atoms. The van der Waals surface area contributed by atoms with Gasteiger partial charge >= 0.3 is 0 Å². The van der Waals surface area contributed by atoms with Crippen molar-refractivity contribution in [3.05, 3.63) is 42.0 Å². The van der Waals surface area contributed by atoms with E-state index in [1.807, 2.05) is 18.2 Å². The molecule has 0 aliphatic carbocycles. The lowest BCUT2D eigenvalue weighted by Gasteiger charge is -2.26. The minimum absolute atomic E-state index is 0.0826. The van der Waals surface area contributed by atoms with Crippen LogP contribution in [0, 0.1) is 0 Å². The van der Waals surface area contributed by atoms with Crippen LogP contribution in [0.5, 0.6) is 17.2 Å². The van der Waals surface area contributed by atoms with E-state index < -0.39 is 0 Å². The van der Waals surface area contributed by atoms with E-state index >= 15 is 0 Å². The minimum Gasteiger partial charge on any atom is -0.497 e. The molecule has 2 amide bonds. The van der Waals surface area contributed by atoms with Gasteiger partial charge in [-0.3, -0.25) is 14.5 Å². The number of methoxy groups -OCH3 is 3. The fourth-order valence-electron chi connectivity index (χ4n) is 3.92. The predicted molar refractivity (Wildman–Crippen MR) is 119 cm³/mol. The zero-order chi connectivity index (χ0) is 22.4. The van der Waals surface area contributed by atoms with E-state index in [1.54, 1.807) is 32.4 Å². The molecule has 0 saturated carbocycles. The number of hydrogen-bond acceptors (Lipinski definition) is 6. The smallest absolute Gasteiger partial charge is 0.238 e. The molecule has 1 aliphatic rings. The van der Waals surface area contributed by atoms with E-state index in [0.29, 0.717) is 17.1 Å². The van der Waals surface area contributed by atoms with Gasteiger partial charge in [-0.05, 0) is 43.7 Å². The lowest BCUT2D eigenvalue weighted by atomic mass is 10.0. The van der Waals surface area contributed by atoms with E-state index in [2.05, 4.69) is 15.5 Å². The van der Waals surface area contributed by atoms with Crippen LogP contribution < -0.4 is 24.8 Å². The standard InChI is InChI=1S/C23H29N3O5/c1-15(27)24-16-7-10-21(30-3)19(12-16)25-23(28)14-26-11-5-6-20(26)18-9-8-17(29-2)13-22(18)31-4/h7-10,12-13,20H,5-6,11,14H2,1-4H3,(H,24,27)(H,25,28)/t20-/m0/s1. The maximum absolute atomic E-state index is 12.9. The number of benzene rings is 2. The lowest BCUT2D eigenvalue weighted by molar-refractivity contribution is -0.117. The first-order chi connectivity index (χ1) is 14.9. The van der Waals surface area contributed by atoms with Gasteiger partial charge in [-0.1, -0.05) is 6.07 Å². The van der Waals surface area contributed by atoms with Crippen LogP contribution in [-0.4, -0.2) is 51.1 Å². The molecule has 0 aromatic heterocycles. The zero-order valence-corrected chi connectivity index (χ0v) is 18.4. The maximum Gasteiger partial charge on any atom is 0.238 e. The molecule has 2 aromatic carbocycles. The van der Waals surface area contributed by atoms with Crippen molar-refractivity contribution < 1.29 is 23.8 Å². The summed E-state index contributed by atoms with van der Waals surface area (Å²) in [5.41, 5.74) is 2.14. The normalized spacial score (nSPS) is 15.9. The summed E-state index contributed by atoms with van der Waals surface area (Å²) in [5.74, 6) is 1.67. The highest BCUT2D eigenvalue weighted by Gasteiger charge is 2.30. The Morgan fingerprint density at radius 2 is 1.77 bits per heavy atom. The second-order valence-electron chi connectivity index (χ2n) is 7.38. The summed E-state index contributed by atoms with van der Waals surface area (Å²) in [6.07, 6.45) is 1.94. The van der Waals surface area contributed by atoms with E-state index in [1.165, 1.54) is 14.0 Å². The van der Waals surface area contributed by atoms with Gasteiger partial charge in [0.1, 0.15) is 17.2 Å². The number of anilines is 2. The zero-order valence-electron chi connectivity index (χ0n) is 18.4. The molecule has 0 unspecified atom stereocenters. The van der Waals surface area contributed by atoms with Gasteiger partial charge in [0.2, 0.25) is 11.8 Å². The summed E-state index contributed by atoms with van der Waals surface area (Å²) in [6, 6.07) is 11.0. The number of amides is 2. The number of carbonyl (C=O) groups excluding carboxylic acids is 2. The molecule has 8 heteroatoms. The van der Waals surface area contributed by atoms with Crippen LogP contribution in [0.4, 0.5) is 11.4 Å². The van der Waals surface area contributed by atoms with Crippen molar-refractivity contribution in [2.75, 3.05) is 45.1 Å². The van der Waals surface area contributed by atoms with Crippen LogP contribution >= 0.6 is 0 Å². The first-order valence-electron chi connectivity index (χ1n) is 10.2. The number of rotatable bonds is 8. The SMILES string of the molecule is COc1ccc([C@@H]2CCCN2CC(=O)Nc2cc(NC(C)=O)ccc2OC)c(OC)c1. The molecule has 1 aliphatic heterocycles. The fraction of sp³-hybridized carbons (Fsp3) is 0.391. The molecule has 3 rings (SSSR count). The molecular formula is C23H29N3O5. The Morgan fingerprint density at radius 3 is 2.45 bits per heavy atom. The molecule has 1 heterocycles. The number of carbonyl (C=O) groups is 2. The maximum atomic E-state index is 12.9. The summed E-state index contributed by atoms with van der Waals surface area (Å²) < 4.78 is 16.2. The molecule has 1 atom stereocenters. The van der Waals surface area contributed by atoms with E-state index in [4.69, 9.17) is 14.2 Å². The predicted octanol–water partition coefficient (Wildman–Crippen LogP) is 3.45. The third-order valence-electron chi connectivity index (χ3n) is 5.30. The molecular weight excluding hydrogens is 398 g/mol. The van der Waals surface area contributed by atoms with Gasteiger partial charge in [-0.15, -0.1) is 0 Å². The topological polar surface area (TPSA) is 89.1 Å². The average Bonchev–Trinajstić information content (AvgIpc) is 3.20. The van der Waals surface area contributed by atoms with Crippen LogP contribution in [0.15, 0.2) is 36.4 Å². The Morgan fingerprint density at radius 1 is 1.00 bits per heavy atom. The first-order valence-corrected chi connectivity index (χ1v) is 10.2. The molecule has 0 spiro atoms. The van der Waals surface area contributed by atoms with Crippen LogP contribution in [0.2, 0.25) is 0 Å². The average molecular weight is 428 g/mol. The number of hydrogen-bond donors (Lipinski definition) is 2. The van der Waals surface area contributed by atoms with Crippen molar-refractivity contribution >= 4 is 23.2 Å². The third-order valence-corrected chi connectivity index (χ3v) is 5.30. The van der Waals surface area contributed by atoms with Gasteiger partial charge in [0.05, 0.1) is 33.6 Å². The van der Waals surface area contributed by atoms with Gasteiger partial charge in [0.15, 0.2) is 0 Å². The summed E-state index contributed by atoms with van der Waals surface area (Å²) in [7, 11) is 4.80. The summed E-state index contributed by atoms with van der Waals surface area (Å²) in [6.45, 7) is 2.48. The van der Waals surface area contributed by atoms with E-state index in [-0.39, 0.29) is 24.4 Å². The molecule has 166 valence electrons. The quantitative estimate of drug-likeness (QED) is 0.671. The summed E-state index contributed by atoms with van der Waals surface area (Å²) in [4.78, 5) is 26.3. The molecule has 31 heavy (non-hydrogen) atoms. The minimum atomic E-state index is -0.184. The van der Waals surface area contributed by atoms with Crippen molar-refractivity contribution in [3.63, 3.8) is 0 Å². The van der Waals surface area contributed by atoms with Gasteiger partial charge in [0.25, 0.3) is 0 Å². The van der Waals surface area contributed by atoms with Gasteiger partial charge in [-0.25, -0.2) is 0 Å². The molecule has 2 N–H and O–H groups in total. The molecule has 1 saturated heterocycles. The monoisotopic (exact) mass is 427 g/mol.